The van der Waals surface area contributed by atoms with Gasteiger partial charge in [0.1, 0.15) is 6.04 Å². The van der Waals surface area contributed by atoms with Gasteiger partial charge in [-0.15, -0.1) is 0 Å². The maximum Gasteiger partial charge on any atom is 0.251 e. The topological polar surface area (TPSA) is 75.4 Å². The number of carbonyl (C=O) groups is 2. The summed E-state index contributed by atoms with van der Waals surface area (Å²) < 4.78 is 0. The number of amides is 2. The molecule has 1 aliphatic rings. The summed E-state index contributed by atoms with van der Waals surface area (Å²) >= 11 is 0. The van der Waals surface area contributed by atoms with Crippen molar-refractivity contribution in [2.45, 2.75) is 72.4 Å². The van der Waals surface area contributed by atoms with Crippen LogP contribution in [-0.4, -0.2) is 41.9 Å². The van der Waals surface area contributed by atoms with Crippen LogP contribution in [-0.2, 0) is 10.2 Å². The summed E-state index contributed by atoms with van der Waals surface area (Å²) in [5.41, 5.74) is 7.86. The highest BCUT2D eigenvalue weighted by Crippen LogP contribution is 2.28. The standard InChI is InChI=1S/C23H37N3O2/c1-15(2)19(21(28)26-13-12-18(24)23(6,7)14-26)25-20(27)16-8-10-17(11-9-16)22(3,4)5/h8-11,15,18-19H,12-14,24H2,1-7H3,(H,25,27). The van der Waals surface area contributed by atoms with Gasteiger partial charge in [-0.1, -0.05) is 60.6 Å². The average Bonchev–Trinajstić information content (AvgIpc) is 2.60. The van der Waals surface area contributed by atoms with E-state index < -0.39 is 6.04 Å². The van der Waals surface area contributed by atoms with E-state index >= 15 is 0 Å². The second kappa shape index (κ2) is 8.24. The van der Waals surface area contributed by atoms with Crippen LogP contribution in [0.2, 0.25) is 0 Å². The van der Waals surface area contributed by atoms with E-state index in [9.17, 15) is 9.59 Å². The Bertz CT molecular complexity index is 702. The molecule has 1 aromatic carbocycles. The molecule has 0 spiro atoms. The highest BCUT2D eigenvalue weighted by atomic mass is 16.2. The first-order valence-corrected chi connectivity index (χ1v) is 10.3. The third-order valence-electron chi connectivity index (χ3n) is 5.86. The maximum atomic E-state index is 13.2. The Morgan fingerprint density at radius 1 is 1.18 bits per heavy atom. The first-order chi connectivity index (χ1) is 12.8. The second-order valence-electron chi connectivity index (χ2n) is 10.2. The van der Waals surface area contributed by atoms with Crippen LogP contribution in [0.25, 0.3) is 0 Å². The van der Waals surface area contributed by atoms with Gasteiger partial charge in [0.05, 0.1) is 0 Å². The minimum absolute atomic E-state index is 0.00371. The summed E-state index contributed by atoms with van der Waals surface area (Å²) in [6, 6.07) is 7.18. The maximum absolute atomic E-state index is 13.2. The van der Waals surface area contributed by atoms with E-state index in [-0.39, 0.29) is 34.6 Å². The van der Waals surface area contributed by atoms with Crippen LogP contribution in [0.4, 0.5) is 0 Å². The molecule has 2 unspecified atom stereocenters. The predicted octanol–water partition coefficient (Wildman–Crippen LogP) is 3.32. The van der Waals surface area contributed by atoms with Gasteiger partial charge in [-0.3, -0.25) is 9.59 Å². The SMILES string of the molecule is CC(C)C(NC(=O)c1ccc(C(C)(C)C)cc1)C(=O)N1CCC(N)C(C)(C)C1. The first-order valence-electron chi connectivity index (χ1n) is 10.3. The second-order valence-corrected chi connectivity index (χ2v) is 10.2. The van der Waals surface area contributed by atoms with Crippen LogP contribution in [0.3, 0.4) is 0 Å². The smallest absolute Gasteiger partial charge is 0.251 e. The third kappa shape index (κ3) is 5.13. The predicted molar refractivity (Wildman–Crippen MR) is 114 cm³/mol. The molecule has 2 rings (SSSR count). The number of rotatable bonds is 4. The van der Waals surface area contributed by atoms with Gasteiger partial charge in [-0.25, -0.2) is 0 Å². The van der Waals surface area contributed by atoms with Crippen LogP contribution >= 0.6 is 0 Å². The number of hydrogen-bond donors (Lipinski definition) is 2. The number of benzene rings is 1. The highest BCUT2D eigenvalue weighted by molar-refractivity contribution is 5.97. The molecule has 0 saturated carbocycles. The van der Waals surface area contributed by atoms with Gasteiger partial charge in [0, 0.05) is 24.7 Å². The van der Waals surface area contributed by atoms with E-state index in [2.05, 4.69) is 39.9 Å². The van der Waals surface area contributed by atoms with Gasteiger partial charge >= 0.3 is 0 Å². The third-order valence-corrected chi connectivity index (χ3v) is 5.86. The molecular formula is C23H37N3O2. The summed E-state index contributed by atoms with van der Waals surface area (Å²) in [4.78, 5) is 27.8. The molecule has 5 heteroatoms. The van der Waals surface area contributed by atoms with Crippen molar-refractivity contribution in [3.8, 4) is 0 Å². The van der Waals surface area contributed by atoms with Crippen molar-refractivity contribution >= 4 is 11.8 Å². The van der Waals surface area contributed by atoms with Gasteiger partial charge in [0.25, 0.3) is 5.91 Å². The fourth-order valence-corrected chi connectivity index (χ4v) is 3.62. The van der Waals surface area contributed by atoms with Crippen molar-refractivity contribution in [3.05, 3.63) is 35.4 Å². The van der Waals surface area contributed by atoms with Gasteiger partial charge < -0.3 is 16.0 Å². The molecule has 1 heterocycles. The minimum atomic E-state index is -0.542. The van der Waals surface area contributed by atoms with E-state index in [1.807, 2.05) is 43.0 Å². The molecular weight excluding hydrogens is 350 g/mol. The molecule has 5 nitrogen and oxygen atoms in total. The van der Waals surface area contributed by atoms with Crippen LogP contribution in [0.15, 0.2) is 24.3 Å². The zero-order valence-corrected chi connectivity index (χ0v) is 18.5. The lowest BCUT2D eigenvalue weighted by Gasteiger charge is -2.44. The van der Waals surface area contributed by atoms with Gasteiger partial charge in [0.15, 0.2) is 0 Å². The van der Waals surface area contributed by atoms with Crippen molar-refractivity contribution in [2.24, 2.45) is 17.1 Å². The monoisotopic (exact) mass is 387 g/mol. The molecule has 1 aromatic rings. The fourth-order valence-electron chi connectivity index (χ4n) is 3.62. The Balaban J connectivity index is 2.12. The van der Waals surface area contributed by atoms with Crippen molar-refractivity contribution in [1.82, 2.24) is 10.2 Å². The molecule has 2 atom stereocenters. The zero-order valence-electron chi connectivity index (χ0n) is 18.5. The lowest BCUT2D eigenvalue weighted by molar-refractivity contribution is -0.137. The van der Waals surface area contributed by atoms with Gasteiger partial charge in [0.2, 0.25) is 5.91 Å². The van der Waals surface area contributed by atoms with Crippen molar-refractivity contribution in [2.75, 3.05) is 13.1 Å². The van der Waals surface area contributed by atoms with E-state index in [1.54, 1.807) is 0 Å². The first kappa shape index (κ1) is 22.4. The summed E-state index contributed by atoms with van der Waals surface area (Å²) in [6.07, 6.45) is 0.783. The van der Waals surface area contributed by atoms with Crippen LogP contribution in [0.1, 0.15) is 70.8 Å². The molecule has 0 aromatic heterocycles. The lowest BCUT2D eigenvalue weighted by Crippen LogP contribution is -2.59. The van der Waals surface area contributed by atoms with E-state index in [0.29, 0.717) is 18.7 Å². The number of nitrogens with one attached hydrogen (secondary N) is 1. The van der Waals surface area contributed by atoms with E-state index in [0.717, 1.165) is 6.42 Å². The molecule has 1 fully saturated rings. The Morgan fingerprint density at radius 2 is 1.75 bits per heavy atom. The molecule has 1 aliphatic heterocycles. The normalized spacial score (nSPS) is 20.8. The minimum Gasteiger partial charge on any atom is -0.340 e. The van der Waals surface area contributed by atoms with E-state index in [4.69, 9.17) is 5.73 Å². The molecule has 156 valence electrons. The largest absolute Gasteiger partial charge is 0.340 e. The Kier molecular flexibility index (Phi) is 6.59. The number of carbonyl (C=O) groups excluding carboxylic acids is 2. The summed E-state index contributed by atoms with van der Waals surface area (Å²) in [5.74, 6) is -0.223. The molecule has 0 aliphatic carbocycles. The molecule has 3 N–H and O–H groups in total. The number of piperidine rings is 1. The molecule has 0 radical (unpaired) electrons. The van der Waals surface area contributed by atoms with Crippen molar-refractivity contribution < 1.29 is 9.59 Å². The Morgan fingerprint density at radius 3 is 2.21 bits per heavy atom. The average molecular weight is 388 g/mol. The number of likely N-dealkylation sites (tertiary alicyclic amines) is 1. The van der Waals surface area contributed by atoms with Crippen LogP contribution in [0, 0.1) is 11.3 Å². The lowest BCUT2D eigenvalue weighted by atomic mass is 9.79. The summed E-state index contributed by atoms with van der Waals surface area (Å²) in [6.45, 7) is 15.8. The van der Waals surface area contributed by atoms with E-state index in [1.165, 1.54) is 5.56 Å². The number of nitrogens with zero attached hydrogens (tertiary/aromatic N) is 1. The molecule has 1 saturated heterocycles. The van der Waals surface area contributed by atoms with Gasteiger partial charge in [-0.2, -0.15) is 0 Å². The number of nitrogens with two attached hydrogens (primary N) is 1. The highest BCUT2D eigenvalue weighted by Gasteiger charge is 2.38. The van der Waals surface area contributed by atoms with Crippen LogP contribution < -0.4 is 11.1 Å². The molecule has 28 heavy (non-hydrogen) atoms. The quantitative estimate of drug-likeness (QED) is 0.832. The summed E-state index contributed by atoms with van der Waals surface area (Å²) in [5, 5.41) is 2.97. The van der Waals surface area contributed by atoms with Crippen molar-refractivity contribution in [1.29, 1.82) is 0 Å². The number of hydrogen-bond acceptors (Lipinski definition) is 3. The van der Waals surface area contributed by atoms with Crippen LogP contribution in [0.5, 0.6) is 0 Å². The molecule has 0 bridgehead atoms. The summed E-state index contributed by atoms with van der Waals surface area (Å²) in [7, 11) is 0. The molecule has 2 amide bonds. The van der Waals surface area contributed by atoms with Crippen molar-refractivity contribution in [3.63, 3.8) is 0 Å². The fraction of sp³-hybridized carbons (Fsp3) is 0.652. The Labute approximate surface area is 170 Å². The zero-order chi connectivity index (χ0) is 21.3. The Hall–Kier alpha value is -1.88. The van der Waals surface area contributed by atoms with Gasteiger partial charge in [-0.05, 0) is 40.9 Å².